The predicted octanol–water partition coefficient (Wildman–Crippen LogP) is 3.99. The van der Waals surface area contributed by atoms with Crippen molar-refractivity contribution < 1.29 is 8.42 Å². The third-order valence-electron chi connectivity index (χ3n) is 3.12. The quantitative estimate of drug-likeness (QED) is 0.826. The molecule has 21 heavy (non-hydrogen) atoms. The lowest BCUT2D eigenvalue weighted by Crippen LogP contribution is -2.15. The molecule has 0 aromatic heterocycles. The molecule has 0 aliphatic carbocycles. The Hall–Kier alpha value is -1.43. The van der Waals surface area contributed by atoms with Gasteiger partial charge in [-0.3, -0.25) is 4.72 Å². The molecular weight excluding hydrogens is 331 g/mol. The van der Waals surface area contributed by atoms with Crippen LogP contribution in [0.3, 0.4) is 0 Å². The fourth-order valence-corrected chi connectivity index (χ4v) is 3.71. The van der Waals surface area contributed by atoms with E-state index < -0.39 is 10.0 Å². The number of hydrogen-bond acceptors (Lipinski definition) is 3. The summed E-state index contributed by atoms with van der Waals surface area (Å²) in [6.07, 6.45) is 0. The van der Waals surface area contributed by atoms with Crippen LogP contribution >= 0.6 is 23.2 Å². The zero-order chi connectivity index (χ0) is 15.8. The molecule has 0 amide bonds. The molecule has 2 rings (SSSR count). The Morgan fingerprint density at radius 1 is 1.10 bits per heavy atom. The van der Waals surface area contributed by atoms with Crippen molar-refractivity contribution in [2.75, 3.05) is 10.5 Å². The number of benzene rings is 2. The van der Waals surface area contributed by atoms with Gasteiger partial charge >= 0.3 is 0 Å². The molecule has 0 saturated carbocycles. The summed E-state index contributed by atoms with van der Waals surface area (Å²) in [6, 6.07) is 7.85. The monoisotopic (exact) mass is 344 g/mol. The van der Waals surface area contributed by atoms with Crippen molar-refractivity contribution in [1.29, 1.82) is 0 Å². The van der Waals surface area contributed by atoms with Crippen molar-refractivity contribution in [2.24, 2.45) is 0 Å². The zero-order valence-corrected chi connectivity index (χ0v) is 13.8. The van der Waals surface area contributed by atoms with Gasteiger partial charge in [0, 0.05) is 10.7 Å². The molecule has 0 heterocycles. The van der Waals surface area contributed by atoms with Gasteiger partial charge < -0.3 is 5.73 Å². The van der Waals surface area contributed by atoms with Crippen LogP contribution < -0.4 is 10.5 Å². The Labute approximate surface area is 133 Å². The predicted molar refractivity (Wildman–Crippen MR) is 87.6 cm³/mol. The topological polar surface area (TPSA) is 72.2 Å². The van der Waals surface area contributed by atoms with Gasteiger partial charge in [0.2, 0.25) is 0 Å². The van der Waals surface area contributed by atoms with Crippen molar-refractivity contribution in [3.8, 4) is 0 Å². The van der Waals surface area contributed by atoms with Gasteiger partial charge in [0.25, 0.3) is 10.0 Å². The van der Waals surface area contributed by atoms with E-state index in [0.29, 0.717) is 22.0 Å². The molecule has 7 heteroatoms. The molecule has 3 N–H and O–H groups in total. The average molecular weight is 345 g/mol. The van der Waals surface area contributed by atoms with E-state index in [4.69, 9.17) is 28.9 Å². The third-order valence-corrected chi connectivity index (χ3v) is 5.36. The molecule has 112 valence electrons. The number of nitrogens with two attached hydrogens (primary N) is 1. The highest BCUT2D eigenvalue weighted by atomic mass is 35.5. The third kappa shape index (κ3) is 3.26. The summed E-state index contributed by atoms with van der Waals surface area (Å²) in [5.74, 6) is 0. The molecule has 2 aromatic carbocycles. The maximum Gasteiger partial charge on any atom is 0.263 e. The van der Waals surface area contributed by atoms with Crippen LogP contribution in [0.15, 0.2) is 35.2 Å². The Morgan fingerprint density at radius 2 is 1.76 bits per heavy atom. The van der Waals surface area contributed by atoms with Crippen molar-refractivity contribution in [2.45, 2.75) is 18.7 Å². The minimum absolute atomic E-state index is 0.0633. The second-order valence-electron chi connectivity index (χ2n) is 4.66. The summed E-state index contributed by atoms with van der Waals surface area (Å²) >= 11 is 12.0. The van der Waals surface area contributed by atoms with E-state index in [1.165, 1.54) is 12.1 Å². The van der Waals surface area contributed by atoms with Crippen LogP contribution in [0.1, 0.15) is 11.1 Å². The summed E-state index contributed by atoms with van der Waals surface area (Å²) in [5, 5.41) is 0.596. The number of nitrogens with one attached hydrogen (secondary N) is 1. The fraction of sp³-hybridized carbons (Fsp3) is 0.143. The van der Waals surface area contributed by atoms with Crippen molar-refractivity contribution in [3.05, 3.63) is 51.5 Å². The zero-order valence-electron chi connectivity index (χ0n) is 11.4. The van der Waals surface area contributed by atoms with E-state index in [2.05, 4.69) is 4.72 Å². The van der Waals surface area contributed by atoms with Gasteiger partial charge in [-0.05, 0) is 49.2 Å². The van der Waals surface area contributed by atoms with E-state index in [0.717, 1.165) is 5.56 Å². The summed E-state index contributed by atoms with van der Waals surface area (Å²) in [6.45, 7) is 3.48. The van der Waals surface area contributed by atoms with Gasteiger partial charge in [0.05, 0.1) is 10.7 Å². The molecule has 0 unspecified atom stereocenters. The number of nitrogen functional groups attached to an aromatic ring is 1. The minimum atomic E-state index is -3.84. The number of sulfonamides is 1. The lowest BCUT2D eigenvalue weighted by molar-refractivity contribution is 0.601. The Kier molecular flexibility index (Phi) is 4.37. The first kappa shape index (κ1) is 15.9. The van der Waals surface area contributed by atoms with Gasteiger partial charge in [0.1, 0.15) is 4.90 Å². The second-order valence-corrected chi connectivity index (χ2v) is 7.12. The molecule has 0 radical (unpaired) electrons. The Morgan fingerprint density at radius 3 is 2.43 bits per heavy atom. The Bertz CT molecular complexity index is 805. The van der Waals surface area contributed by atoms with Crippen LogP contribution in [-0.4, -0.2) is 8.42 Å². The molecule has 0 saturated heterocycles. The first-order chi connectivity index (χ1) is 9.72. The van der Waals surface area contributed by atoms with E-state index in [1.54, 1.807) is 32.0 Å². The van der Waals surface area contributed by atoms with E-state index in [9.17, 15) is 8.42 Å². The van der Waals surface area contributed by atoms with Gasteiger partial charge in [0.15, 0.2) is 0 Å². The number of aryl methyl sites for hydroxylation is 1. The molecule has 0 fully saturated rings. The highest BCUT2D eigenvalue weighted by molar-refractivity contribution is 7.92. The lowest BCUT2D eigenvalue weighted by Gasteiger charge is -2.13. The van der Waals surface area contributed by atoms with E-state index >= 15 is 0 Å². The highest BCUT2D eigenvalue weighted by Crippen LogP contribution is 2.30. The van der Waals surface area contributed by atoms with E-state index in [-0.39, 0.29) is 9.92 Å². The molecule has 0 spiro atoms. The summed E-state index contributed by atoms with van der Waals surface area (Å²) in [7, 11) is -3.84. The molecule has 4 nitrogen and oxygen atoms in total. The van der Waals surface area contributed by atoms with Crippen LogP contribution in [0, 0.1) is 13.8 Å². The number of halogens is 2. The molecule has 0 aliphatic rings. The average Bonchev–Trinajstić information content (AvgIpc) is 2.39. The first-order valence-electron chi connectivity index (χ1n) is 6.06. The van der Waals surface area contributed by atoms with Gasteiger partial charge in [-0.2, -0.15) is 0 Å². The first-order valence-corrected chi connectivity index (χ1v) is 8.30. The SMILES string of the molecule is Cc1cc(Cl)c(S(=O)(=O)Nc2cccc(Cl)c2C)cc1N. The van der Waals surface area contributed by atoms with Crippen LogP contribution in [0.5, 0.6) is 0 Å². The number of rotatable bonds is 3. The number of anilines is 2. The lowest BCUT2D eigenvalue weighted by atomic mass is 10.2. The summed E-state index contributed by atoms with van der Waals surface area (Å²) < 4.78 is 27.4. The van der Waals surface area contributed by atoms with Crippen LogP contribution in [-0.2, 0) is 10.0 Å². The molecule has 0 aliphatic heterocycles. The maximum absolute atomic E-state index is 12.5. The summed E-state index contributed by atoms with van der Waals surface area (Å²) in [4.78, 5) is -0.0633. The van der Waals surface area contributed by atoms with E-state index in [1.807, 2.05) is 0 Å². The van der Waals surface area contributed by atoms with Crippen LogP contribution in [0.4, 0.5) is 11.4 Å². The van der Waals surface area contributed by atoms with Crippen molar-refractivity contribution in [1.82, 2.24) is 0 Å². The minimum Gasteiger partial charge on any atom is -0.398 e. The molecule has 2 aromatic rings. The maximum atomic E-state index is 12.5. The van der Waals surface area contributed by atoms with Crippen molar-refractivity contribution in [3.63, 3.8) is 0 Å². The highest BCUT2D eigenvalue weighted by Gasteiger charge is 2.20. The van der Waals surface area contributed by atoms with Crippen LogP contribution in [0.2, 0.25) is 10.0 Å². The van der Waals surface area contributed by atoms with Gasteiger partial charge in [-0.15, -0.1) is 0 Å². The molecule has 0 bridgehead atoms. The van der Waals surface area contributed by atoms with Crippen molar-refractivity contribution >= 4 is 44.6 Å². The standard InChI is InChI=1S/C14H14Cl2N2O2S/c1-8-6-11(16)14(7-12(8)17)21(19,20)18-13-5-3-4-10(15)9(13)2/h3-7,18H,17H2,1-2H3. The Balaban J connectivity index is 2.48. The fourth-order valence-electron chi connectivity index (χ4n) is 1.79. The summed E-state index contributed by atoms with van der Waals surface area (Å²) in [5.41, 5.74) is 7.88. The normalized spacial score (nSPS) is 11.4. The van der Waals surface area contributed by atoms with Gasteiger partial charge in [-0.25, -0.2) is 8.42 Å². The van der Waals surface area contributed by atoms with Crippen LogP contribution in [0.25, 0.3) is 0 Å². The number of hydrogen-bond donors (Lipinski definition) is 2. The molecular formula is C14H14Cl2N2O2S. The second kappa shape index (κ2) is 5.75. The van der Waals surface area contributed by atoms with Gasteiger partial charge in [-0.1, -0.05) is 29.3 Å². The largest absolute Gasteiger partial charge is 0.398 e. The smallest absolute Gasteiger partial charge is 0.263 e. The molecule has 0 atom stereocenters.